The third kappa shape index (κ3) is 8.64. The first-order valence-electron chi connectivity index (χ1n) is 20.7. The Bertz CT molecular complexity index is 2050. The molecule has 2 N–H and O–H groups in total. The molecule has 4 amide bonds. The van der Waals surface area contributed by atoms with E-state index < -0.39 is 17.9 Å². The zero-order valence-electron chi connectivity index (χ0n) is 33.2. The van der Waals surface area contributed by atoms with Crippen molar-refractivity contribution in [3.8, 4) is 6.07 Å². The second kappa shape index (κ2) is 17.0. The molecule has 58 heavy (non-hydrogen) atoms. The van der Waals surface area contributed by atoms with E-state index in [9.17, 15) is 24.4 Å². The monoisotopic (exact) mass is 805 g/mol. The lowest BCUT2D eigenvalue weighted by molar-refractivity contribution is -0.134. The van der Waals surface area contributed by atoms with Gasteiger partial charge in [0.2, 0.25) is 11.8 Å². The van der Waals surface area contributed by atoms with Crippen LogP contribution in [0.4, 0.5) is 17.1 Å². The minimum Gasteiger partial charge on any atom is -0.371 e. The molecule has 0 unspecified atom stereocenters. The lowest BCUT2D eigenvalue weighted by Crippen LogP contribution is -2.52. The number of hydrogen-bond acceptors (Lipinski definition) is 10. The van der Waals surface area contributed by atoms with Gasteiger partial charge in [-0.2, -0.15) is 5.26 Å². The Morgan fingerprint density at radius 3 is 2.24 bits per heavy atom. The number of pyridine rings is 1. The molecule has 2 atom stereocenters. The van der Waals surface area contributed by atoms with Crippen LogP contribution in [0, 0.1) is 22.7 Å². The fourth-order valence-corrected chi connectivity index (χ4v) is 9.90. The van der Waals surface area contributed by atoms with Crippen molar-refractivity contribution >= 4 is 52.3 Å². The number of carbonyl (C=O) groups excluding carboxylic acids is 4. The summed E-state index contributed by atoms with van der Waals surface area (Å²) in [6, 6.07) is 19.4. The van der Waals surface area contributed by atoms with Gasteiger partial charge in [0.25, 0.3) is 11.8 Å². The van der Waals surface area contributed by atoms with E-state index in [1.165, 1.54) is 5.69 Å². The van der Waals surface area contributed by atoms with Crippen molar-refractivity contribution in [2.75, 3.05) is 80.1 Å². The number of nitrogens with one attached hydrogen (secondary N) is 2. The summed E-state index contributed by atoms with van der Waals surface area (Å²) in [5, 5.41) is 14.7. The Hall–Kier alpha value is -5.19. The van der Waals surface area contributed by atoms with E-state index in [1.807, 2.05) is 41.3 Å². The smallest absolute Gasteiger partial charge is 0.270 e. The van der Waals surface area contributed by atoms with Gasteiger partial charge in [-0.05, 0) is 111 Å². The van der Waals surface area contributed by atoms with Crippen LogP contribution in [0.2, 0.25) is 5.02 Å². The van der Waals surface area contributed by atoms with Crippen molar-refractivity contribution < 1.29 is 19.2 Å². The van der Waals surface area contributed by atoms with E-state index in [-0.39, 0.29) is 35.8 Å². The van der Waals surface area contributed by atoms with Gasteiger partial charge >= 0.3 is 0 Å². The average Bonchev–Trinajstić information content (AvgIpc) is 3.57. The predicted octanol–water partition coefficient (Wildman–Crippen LogP) is 4.70. The van der Waals surface area contributed by atoms with E-state index >= 15 is 0 Å². The third-order valence-electron chi connectivity index (χ3n) is 13.2. The summed E-state index contributed by atoms with van der Waals surface area (Å²) in [5.41, 5.74) is 5.00. The summed E-state index contributed by atoms with van der Waals surface area (Å²) in [4.78, 5) is 65.7. The molecule has 0 radical (unpaired) electrons. The van der Waals surface area contributed by atoms with Gasteiger partial charge in [0, 0.05) is 94.8 Å². The number of piperazine rings is 1. The molecular formula is C44H52ClN9O4. The van der Waals surface area contributed by atoms with Crippen molar-refractivity contribution in [3.05, 3.63) is 82.6 Å². The van der Waals surface area contributed by atoms with Gasteiger partial charge in [0.05, 0.1) is 22.5 Å². The molecule has 0 saturated carbocycles. The van der Waals surface area contributed by atoms with Crippen molar-refractivity contribution in [2.24, 2.45) is 11.3 Å². The molecule has 6 heterocycles. The summed E-state index contributed by atoms with van der Waals surface area (Å²) in [6.07, 6.45) is 7.58. The Labute approximate surface area is 345 Å². The molecule has 1 spiro atoms. The first-order valence-corrected chi connectivity index (χ1v) is 21.1. The zero-order chi connectivity index (χ0) is 40.4. The normalized spacial score (nSPS) is 22.8. The Kier molecular flexibility index (Phi) is 11.6. The van der Waals surface area contributed by atoms with Crippen LogP contribution in [0.3, 0.4) is 0 Å². The highest BCUT2D eigenvalue weighted by molar-refractivity contribution is 6.32. The lowest BCUT2D eigenvalue weighted by atomic mass is 9.76. The van der Waals surface area contributed by atoms with Crippen molar-refractivity contribution in [2.45, 2.75) is 64.0 Å². The molecule has 14 heteroatoms. The van der Waals surface area contributed by atoms with E-state index in [1.54, 1.807) is 12.3 Å². The first-order chi connectivity index (χ1) is 28.1. The molecule has 5 aliphatic heterocycles. The molecule has 1 aromatic heterocycles. The summed E-state index contributed by atoms with van der Waals surface area (Å²) >= 11 is 6.38. The SMILES string of the molecule is C[C@H]1CC2(CCN(c3ccc(C(=O)N4CCC(CN5CCN(c6ccc(C(=O)N[C@H]7CCC(=O)NC7=O)nc6)CC5)CC4)cc3)CC2)CN1c1ccc(C#N)c(Cl)c1. The Balaban J connectivity index is 0.749. The van der Waals surface area contributed by atoms with Gasteiger partial charge in [-0.15, -0.1) is 0 Å². The number of anilines is 3. The van der Waals surface area contributed by atoms with E-state index in [0.29, 0.717) is 22.5 Å². The molecule has 304 valence electrons. The second-order valence-corrected chi connectivity index (χ2v) is 17.3. The number of carbonyl (C=O) groups is 4. The minimum absolute atomic E-state index is 0.118. The van der Waals surface area contributed by atoms with Gasteiger partial charge < -0.3 is 24.9 Å². The van der Waals surface area contributed by atoms with E-state index in [2.05, 4.69) is 60.3 Å². The zero-order valence-corrected chi connectivity index (χ0v) is 33.9. The largest absolute Gasteiger partial charge is 0.371 e. The molecule has 8 rings (SSSR count). The maximum absolute atomic E-state index is 13.5. The molecule has 0 aliphatic carbocycles. The Morgan fingerprint density at radius 1 is 0.897 bits per heavy atom. The third-order valence-corrected chi connectivity index (χ3v) is 13.5. The quantitative estimate of drug-likeness (QED) is 0.308. The summed E-state index contributed by atoms with van der Waals surface area (Å²) in [6.45, 7) is 11.5. The fourth-order valence-electron chi connectivity index (χ4n) is 9.68. The van der Waals surface area contributed by atoms with Gasteiger partial charge in [-0.1, -0.05) is 11.6 Å². The number of rotatable bonds is 8. The predicted molar refractivity (Wildman–Crippen MR) is 223 cm³/mol. The molecule has 5 aliphatic rings. The second-order valence-electron chi connectivity index (χ2n) is 16.9. The molecular weight excluding hydrogens is 754 g/mol. The number of benzene rings is 2. The summed E-state index contributed by atoms with van der Waals surface area (Å²) < 4.78 is 0. The topological polar surface area (TPSA) is 145 Å². The van der Waals surface area contributed by atoms with E-state index in [0.717, 1.165) is 114 Å². The highest BCUT2D eigenvalue weighted by Crippen LogP contribution is 2.46. The van der Waals surface area contributed by atoms with Crippen LogP contribution in [0.15, 0.2) is 60.8 Å². The number of hydrogen-bond donors (Lipinski definition) is 2. The number of imide groups is 1. The fraction of sp³-hybridized carbons (Fsp3) is 0.500. The molecule has 13 nitrogen and oxygen atoms in total. The van der Waals surface area contributed by atoms with Crippen LogP contribution in [0.5, 0.6) is 0 Å². The molecule has 3 aromatic rings. The molecule has 5 fully saturated rings. The van der Waals surface area contributed by atoms with E-state index in [4.69, 9.17) is 11.6 Å². The average molecular weight is 806 g/mol. The number of aromatic nitrogens is 1. The highest BCUT2D eigenvalue weighted by Gasteiger charge is 2.44. The van der Waals surface area contributed by atoms with Crippen molar-refractivity contribution in [1.82, 2.24) is 25.4 Å². The Morgan fingerprint density at radius 2 is 1.59 bits per heavy atom. The van der Waals surface area contributed by atoms with Gasteiger partial charge in [-0.3, -0.25) is 29.4 Å². The molecule has 0 bridgehead atoms. The van der Waals surface area contributed by atoms with Gasteiger partial charge in [0.15, 0.2) is 0 Å². The number of halogens is 1. The number of nitriles is 1. The van der Waals surface area contributed by atoms with Crippen LogP contribution >= 0.6 is 11.6 Å². The lowest BCUT2D eigenvalue weighted by Gasteiger charge is -2.40. The number of nitrogens with zero attached hydrogens (tertiary/aromatic N) is 7. The molecule has 2 aromatic carbocycles. The highest BCUT2D eigenvalue weighted by atomic mass is 35.5. The van der Waals surface area contributed by atoms with Crippen LogP contribution in [-0.4, -0.2) is 116 Å². The van der Waals surface area contributed by atoms with Crippen LogP contribution < -0.4 is 25.3 Å². The molecule has 5 saturated heterocycles. The maximum Gasteiger partial charge on any atom is 0.270 e. The standard InChI is InChI=1S/C44H52ClN9O4/c1-30-25-44(29-54(30)35-7-4-33(26-46)37(45)24-35)14-18-51(19-15-44)34-5-2-32(3-6-34)43(58)53-16-12-31(13-17-53)28-50-20-22-52(23-21-50)36-8-9-38(47-27-36)41(56)48-39-10-11-40(55)49-42(39)57/h2-9,24,27,30-31,39H,10-23,25,28-29H2,1H3,(H,48,56)(H,49,55,57)/t30-,39-/m0/s1. The van der Waals surface area contributed by atoms with Gasteiger partial charge in [-0.25, -0.2) is 4.98 Å². The maximum atomic E-state index is 13.5. The number of amides is 4. The minimum atomic E-state index is -0.732. The van der Waals surface area contributed by atoms with Crippen molar-refractivity contribution in [1.29, 1.82) is 5.26 Å². The first kappa shape index (κ1) is 39.6. The summed E-state index contributed by atoms with van der Waals surface area (Å²) in [5.74, 6) is -0.561. The van der Waals surface area contributed by atoms with Crippen LogP contribution in [0.1, 0.15) is 78.3 Å². The van der Waals surface area contributed by atoms with Crippen LogP contribution in [0.25, 0.3) is 0 Å². The van der Waals surface area contributed by atoms with Gasteiger partial charge in [0.1, 0.15) is 17.8 Å². The number of likely N-dealkylation sites (tertiary alicyclic amines) is 1. The van der Waals surface area contributed by atoms with Crippen LogP contribution in [-0.2, 0) is 9.59 Å². The number of piperidine rings is 3. The summed E-state index contributed by atoms with van der Waals surface area (Å²) in [7, 11) is 0. The van der Waals surface area contributed by atoms with Crippen molar-refractivity contribution in [3.63, 3.8) is 0 Å².